The third kappa shape index (κ3) is 3.71. The van der Waals surface area contributed by atoms with Crippen molar-refractivity contribution in [2.24, 2.45) is 0 Å². The van der Waals surface area contributed by atoms with Crippen molar-refractivity contribution in [3.63, 3.8) is 0 Å². The Morgan fingerprint density at radius 1 is 1.55 bits per heavy atom. The Morgan fingerprint density at radius 2 is 2.30 bits per heavy atom. The summed E-state index contributed by atoms with van der Waals surface area (Å²) in [5.74, 6) is -0.0405. The molecule has 1 amide bonds. The molecule has 0 saturated heterocycles. The van der Waals surface area contributed by atoms with Gasteiger partial charge < -0.3 is 5.32 Å². The van der Waals surface area contributed by atoms with E-state index >= 15 is 0 Å². The van der Waals surface area contributed by atoms with Crippen molar-refractivity contribution >= 4 is 60.1 Å². The Hall–Kier alpha value is -0.650. The van der Waals surface area contributed by atoms with Gasteiger partial charge in [0.15, 0.2) is 5.13 Å². The normalized spacial score (nSPS) is 12.6. The number of thiazole rings is 1. The van der Waals surface area contributed by atoms with Crippen molar-refractivity contribution in [2.75, 3.05) is 5.32 Å². The standard InChI is InChI=1S/C14H16BrClN2OS/c1-3-4-5-10(15)13(19)18-14-17-12-8(2)6-9(16)7-11(12)20-14/h6-7,10H,3-5H2,1-2H3,(H,17,18,19)/t10-/m1/s1. The van der Waals surface area contributed by atoms with Gasteiger partial charge in [-0.1, -0.05) is 58.6 Å². The van der Waals surface area contributed by atoms with E-state index in [1.165, 1.54) is 11.3 Å². The molecule has 0 spiro atoms. The molecule has 0 aliphatic carbocycles. The molecule has 0 aliphatic heterocycles. The highest BCUT2D eigenvalue weighted by atomic mass is 79.9. The number of nitrogens with one attached hydrogen (secondary N) is 1. The SMILES string of the molecule is CCCC[C@@H](Br)C(=O)Nc1nc2c(C)cc(Cl)cc2s1. The molecule has 1 atom stereocenters. The summed E-state index contributed by atoms with van der Waals surface area (Å²) in [5.41, 5.74) is 1.92. The molecule has 1 aromatic carbocycles. The summed E-state index contributed by atoms with van der Waals surface area (Å²) in [6, 6.07) is 3.75. The van der Waals surface area contributed by atoms with Crippen LogP contribution in [0.1, 0.15) is 31.7 Å². The van der Waals surface area contributed by atoms with Gasteiger partial charge in [0.05, 0.1) is 15.0 Å². The van der Waals surface area contributed by atoms with Crippen LogP contribution in [-0.2, 0) is 4.79 Å². The number of carbonyl (C=O) groups excluding carboxylic acids is 1. The minimum Gasteiger partial charge on any atom is -0.301 e. The summed E-state index contributed by atoms with van der Waals surface area (Å²) in [6.45, 7) is 4.08. The first-order valence-electron chi connectivity index (χ1n) is 6.53. The fourth-order valence-electron chi connectivity index (χ4n) is 1.91. The maximum Gasteiger partial charge on any atom is 0.239 e. The molecule has 108 valence electrons. The Bertz CT molecular complexity index is 629. The first kappa shape index (κ1) is 15.7. The molecule has 0 radical (unpaired) electrons. The van der Waals surface area contributed by atoms with E-state index < -0.39 is 0 Å². The highest BCUT2D eigenvalue weighted by molar-refractivity contribution is 9.10. The van der Waals surface area contributed by atoms with Gasteiger partial charge in [0.25, 0.3) is 0 Å². The molecular formula is C14H16BrClN2OS. The van der Waals surface area contributed by atoms with E-state index in [9.17, 15) is 4.79 Å². The maximum atomic E-state index is 12.0. The Morgan fingerprint density at radius 3 is 3.00 bits per heavy atom. The molecule has 1 heterocycles. The number of nitrogens with zero attached hydrogens (tertiary/aromatic N) is 1. The second kappa shape index (κ2) is 6.87. The molecule has 3 nitrogen and oxygen atoms in total. The number of alkyl halides is 1. The quantitative estimate of drug-likeness (QED) is 0.734. The molecule has 2 aromatic rings. The van der Waals surface area contributed by atoms with Crippen molar-refractivity contribution in [1.82, 2.24) is 4.98 Å². The molecule has 6 heteroatoms. The molecule has 1 aromatic heterocycles. The van der Waals surface area contributed by atoms with Gasteiger partial charge in [0.2, 0.25) is 5.91 Å². The maximum absolute atomic E-state index is 12.0. The molecule has 0 unspecified atom stereocenters. The van der Waals surface area contributed by atoms with E-state index in [0.717, 1.165) is 35.0 Å². The van der Waals surface area contributed by atoms with Crippen LogP contribution in [0.3, 0.4) is 0 Å². The second-order valence-electron chi connectivity index (χ2n) is 4.69. The Kier molecular flexibility index (Phi) is 5.41. The molecule has 20 heavy (non-hydrogen) atoms. The highest BCUT2D eigenvalue weighted by Crippen LogP contribution is 2.31. The van der Waals surface area contributed by atoms with Crippen LogP contribution in [0.25, 0.3) is 10.2 Å². The van der Waals surface area contributed by atoms with Gasteiger partial charge in [0, 0.05) is 5.02 Å². The van der Waals surface area contributed by atoms with E-state index in [-0.39, 0.29) is 10.7 Å². The molecule has 0 aliphatic rings. The highest BCUT2D eigenvalue weighted by Gasteiger charge is 2.16. The largest absolute Gasteiger partial charge is 0.301 e. The third-order valence-corrected chi connectivity index (χ3v) is 4.99. The van der Waals surface area contributed by atoms with Crippen molar-refractivity contribution in [3.8, 4) is 0 Å². The number of amides is 1. The second-order valence-corrected chi connectivity index (χ2v) is 7.26. The number of unbranched alkanes of at least 4 members (excludes halogenated alkanes) is 1. The Balaban J connectivity index is 2.14. The van der Waals surface area contributed by atoms with Gasteiger partial charge in [-0.15, -0.1) is 0 Å². The van der Waals surface area contributed by atoms with Crippen LogP contribution in [0, 0.1) is 6.92 Å². The van der Waals surface area contributed by atoms with Gasteiger partial charge in [-0.25, -0.2) is 4.98 Å². The summed E-state index contributed by atoms with van der Waals surface area (Å²) in [4.78, 5) is 16.3. The van der Waals surface area contributed by atoms with E-state index in [0.29, 0.717) is 10.2 Å². The average Bonchev–Trinajstić information content (AvgIpc) is 2.78. The number of hydrogen-bond donors (Lipinski definition) is 1. The number of anilines is 1. The van der Waals surface area contributed by atoms with E-state index in [1.807, 2.05) is 19.1 Å². The smallest absolute Gasteiger partial charge is 0.239 e. The number of aryl methyl sites for hydroxylation is 1. The molecule has 2 rings (SSSR count). The van der Waals surface area contributed by atoms with E-state index in [4.69, 9.17) is 11.6 Å². The zero-order chi connectivity index (χ0) is 14.7. The van der Waals surface area contributed by atoms with Crippen LogP contribution in [0.15, 0.2) is 12.1 Å². The summed E-state index contributed by atoms with van der Waals surface area (Å²) in [5, 5.41) is 4.18. The summed E-state index contributed by atoms with van der Waals surface area (Å²) >= 11 is 10.9. The topological polar surface area (TPSA) is 42.0 Å². The van der Waals surface area contributed by atoms with Gasteiger partial charge in [-0.2, -0.15) is 0 Å². The number of benzene rings is 1. The van der Waals surface area contributed by atoms with E-state index in [2.05, 4.69) is 33.2 Å². The van der Waals surface area contributed by atoms with Crippen LogP contribution >= 0.6 is 38.9 Å². The Labute approximate surface area is 135 Å². The predicted molar refractivity (Wildman–Crippen MR) is 90.2 cm³/mol. The number of carbonyl (C=O) groups is 1. The zero-order valence-corrected chi connectivity index (χ0v) is 14.5. The minimum absolute atomic E-state index is 0.0405. The van der Waals surface area contributed by atoms with E-state index in [1.54, 1.807) is 0 Å². The van der Waals surface area contributed by atoms with Gasteiger partial charge >= 0.3 is 0 Å². The lowest BCUT2D eigenvalue weighted by Gasteiger charge is -2.07. The fraction of sp³-hybridized carbons (Fsp3) is 0.429. The van der Waals surface area contributed by atoms with Crippen molar-refractivity contribution < 1.29 is 4.79 Å². The summed E-state index contributed by atoms with van der Waals surface area (Å²) < 4.78 is 0.991. The zero-order valence-electron chi connectivity index (χ0n) is 11.4. The third-order valence-electron chi connectivity index (χ3n) is 2.98. The lowest BCUT2D eigenvalue weighted by atomic mass is 10.2. The summed E-state index contributed by atoms with van der Waals surface area (Å²) in [7, 11) is 0. The van der Waals surface area contributed by atoms with Crippen LogP contribution in [0.2, 0.25) is 5.02 Å². The molecule has 0 fully saturated rings. The number of hydrogen-bond acceptors (Lipinski definition) is 3. The van der Waals surface area contributed by atoms with Crippen LogP contribution < -0.4 is 5.32 Å². The van der Waals surface area contributed by atoms with Gasteiger partial charge in [0.1, 0.15) is 0 Å². The first-order valence-corrected chi connectivity index (χ1v) is 8.64. The average molecular weight is 376 g/mol. The van der Waals surface area contributed by atoms with Crippen LogP contribution in [0.4, 0.5) is 5.13 Å². The van der Waals surface area contributed by atoms with Gasteiger partial charge in [-0.3, -0.25) is 4.79 Å². The molecule has 0 saturated carbocycles. The number of halogens is 2. The van der Waals surface area contributed by atoms with Crippen molar-refractivity contribution in [1.29, 1.82) is 0 Å². The molecular weight excluding hydrogens is 360 g/mol. The summed E-state index contributed by atoms with van der Waals surface area (Å²) in [6.07, 6.45) is 2.93. The van der Waals surface area contributed by atoms with Gasteiger partial charge in [-0.05, 0) is 31.0 Å². The fourth-order valence-corrected chi connectivity index (χ4v) is 3.67. The molecule has 1 N–H and O–H groups in total. The predicted octanol–water partition coefficient (Wildman–Crippen LogP) is 5.15. The van der Waals surface area contributed by atoms with Crippen molar-refractivity contribution in [2.45, 2.75) is 37.9 Å². The lowest BCUT2D eigenvalue weighted by molar-refractivity contribution is -0.115. The monoisotopic (exact) mass is 374 g/mol. The molecule has 0 bridgehead atoms. The minimum atomic E-state index is -0.167. The first-order chi connectivity index (χ1) is 9.51. The number of fused-ring (bicyclic) bond motifs is 1. The number of aromatic nitrogens is 1. The number of rotatable bonds is 5. The van der Waals surface area contributed by atoms with Crippen molar-refractivity contribution in [3.05, 3.63) is 22.7 Å². The van der Waals surface area contributed by atoms with Crippen LogP contribution in [0.5, 0.6) is 0 Å². The van der Waals surface area contributed by atoms with Crippen LogP contribution in [-0.4, -0.2) is 15.7 Å². The lowest BCUT2D eigenvalue weighted by Crippen LogP contribution is -2.22.